The van der Waals surface area contributed by atoms with Crippen molar-refractivity contribution in [3.8, 4) is 5.75 Å². The third-order valence-corrected chi connectivity index (χ3v) is 7.23. The van der Waals surface area contributed by atoms with E-state index in [9.17, 15) is 13.2 Å². The predicted molar refractivity (Wildman–Crippen MR) is 121 cm³/mol. The van der Waals surface area contributed by atoms with Gasteiger partial charge < -0.3 is 20.3 Å². The van der Waals surface area contributed by atoms with Crippen molar-refractivity contribution in [1.29, 1.82) is 0 Å². The lowest BCUT2D eigenvalue weighted by Gasteiger charge is -2.44. The minimum absolute atomic E-state index is 0.0108. The zero-order chi connectivity index (χ0) is 22.5. The van der Waals surface area contributed by atoms with Crippen molar-refractivity contribution in [2.24, 2.45) is 0 Å². The van der Waals surface area contributed by atoms with Crippen molar-refractivity contribution in [2.75, 3.05) is 48.0 Å². The van der Waals surface area contributed by atoms with Crippen LogP contribution in [0.4, 0.5) is 23.1 Å². The molecule has 2 aliphatic heterocycles. The fourth-order valence-corrected chi connectivity index (χ4v) is 4.93. The number of aromatic nitrogens is 2. The van der Waals surface area contributed by atoms with Crippen molar-refractivity contribution < 1.29 is 17.9 Å². The van der Waals surface area contributed by atoms with E-state index in [-0.39, 0.29) is 11.8 Å². The maximum atomic E-state index is 11.9. The summed E-state index contributed by atoms with van der Waals surface area (Å²) in [6.45, 7) is 3.43. The van der Waals surface area contributed by atoms with Crippen LogP contribution in [-0.4, -0.2) is 73.1 Å². The fraction of sp³-hybridized carbons (Fsp3) is 0.476. The zero-order valence-electron chi connectivity index (χ0n) is 18.0. The second-order valence-corrected chi connectivity index (χ2v) is 10.5. The molecule has 1 aromatic heterocycles. The van der Waals surface area contributed by atoms with Gasteiger partial charge in [-0.05, 0) is 31.9 Å². The molecule has 1 saturated carbocycles. The molecule has 0 spiro atoms. The second kappa shape index (κ2) is 7.89. The Hall–Kier alpha value is -2.92. The van der Waals surface area contributed by atoms with E-state index in [1.54, 1.807) is 6.20 Å². The third-order valence-electron chi connectivity index (χ3n) is 5.96. The van der Waals surface area contributed by atoms with Crippen molar-refractivity contribution >= 4 is 38.9 Å². The van der Waals surface area contributed by atoms with Crippen LogP contribution in [0, 0.1) is 0 Å². The molecule has 1 saturated heterocycles. The molecule has 1 aliphatic carbocycles. The Kier molecular flexibility index (Phi) is 5.17. The standard InChI is InChI=1S/C21H26N6O4S/c1-13(28)17-10-22-21(25-20(17)23-14-3-4-14)24-15-5-6-18-19(9-15)31-12-16-11-26(32(2,29)30)7-8-27(16)18/h5-6,9-10,14,16H,3-4,7-8,11-12H2,1-2H3,(H2,22,23,24,25)/t16-/m0/s1. The molecule has 0 bridgehead atoms. The van der Waals surface area contributed by atoms with Crippen LogP contribution < -0.4 is 20.3 Å². The number of nitrogens with zero attached hydrogens (tertiary/aromatic N) is 4. The minimum atomic E-state index is -3.21. The number of piperazine rings is 1. The quantitative estimate of drug-likeness (QED) is 0.625. The smallest absolute Gasteiger partial charge is 0.229 e. The molecule has 1 atom stereocenters. The Balaban J connectivity index is 1.34. The summed E-state index contributed by atoms with van der Waals surface area (Å²) in [6.07, 6.45) is 4.94. The summed E-state index contributed by atoms with van der Waals surface area (Å²) in [7, 11) is -3.21. The molecule has 170 valence electrons. The first-order chi connectivity index (χ1) is 15.3. The molecule has 11 heteroatoms. The van der Waals surface area contributed by atoms with Crippen molar-refractivity contribution in [2.45, 2.75) is 31.8 Å². The largest absolute Gasteiger partial charge is 0.489 e. The average Bonchev–Trinajstić information content (AvgIpc) is 3.56. The Labute approximate surface area is 187 Å². The second-order valence-electron chi connectivity index (χ2n) is 8.52. The van der Waals surface area contributed by atoms with Crippen LogP contribution >= 0.6 is 0 Å². The molecule has 10 nitrogen and oxygen atoms in total. The molecule has 0 unspecified atom stereocenters. The number of anilines is 4. The van der Waals surface area contributed by atoms with Crippen LogP contribution in [0.5, 0.6) is 5.75 Å². The Morgan fingerprint density at radius 1 is 1.25 bits per heavy atom. The number of hydrogen-bond donors (Lipinski definition) is 2. The molecule has 32 heavy (non-hydrogen) atoms. The molecule has 2 fully saturated rings. The number of carbonyl (C=O) groups is 1. The SMILES string of the molecule is CC(=O)c1cnc(Nc2ccc3c(c2)OC[C@@H]2CN(S(C)(=O)=O)CCN32)nc1NC1CC1. The highest BCUT2D eigenvalue weighted by Crippen LogP contribution is 2.38. The maximum Gasteiger partial charge on any atom is 0.229 e. The van der Waals surface area contributed by atoms with Gasteiger partial charge in [-0.25, -0.2) is 13.4 Å². The van der Waals surface area contributed by atoms with Gasteiger partial charge >= 0.3 is 0 Å². The Morgan fingerprint density at radius 3 is 2.78 bits per heavy atom. The minimum Gasteiger partial charge on any atom is -0.489 e. The number of ketones is 1. The number of fused-ring (bicyclic) bond motifs is 3. The Morgan fingerprint density at radius 2 is 2.06 bits per heavy atom. The summed E-state index contributed by atoms with van der Waals surface area (Å²) in [5.74, 6) is 1.61. The molecule has 3 heterocycles. The first-order valence-electron chi connectivity index (χ1n) is 10.7. The first kappa shape index (κ1) is 21.0. The highest BCUT2D eigenvalue weighted by molar-refractivity contribution is 7.88. The molecular formula is C21H26N6O4S. The fourth-order valence-electron chi connectivity index (χ4n) is 4.08. The van der Waals surface area contributed by atoms with Crippen molar-refractivity contribution in [1.82, 2.24) is 14.3 Å². The monoisotopic (exact) mass is 458 g/mol. The van der Waals surface area contributed by atoms with E-state index in [2.05, 4.69) is 25.5 Å². The van der Waals surface area contributed by atoms with Crippen LogP contribution in [0.2, 0.25) is 0 Å². The van der Waals surface area contributed by atoms with Crippen LogP contribution in [0.25, 0.3) is 0 Å². The maximum absolute atomic E-state index is 11.9. The number of benzene rings is 1. The summed E-state index contributed by atoms with van der Waals surface area (Å²) < 4.78 is 31.3. The molecule has 3 aliphatic rings. The Bertz CT molecular complexity index is 1170. The van der Waals surface area contributed by atoms with Crippen molar-refractivity contribution in [3.63, 3.8) is 0 Å². The normalized spacial score (nSPS) is 20.7. The topological polar surface area (TPSA) is 117 Å². The van der Waals surface area contributed by atoms with Gasteiger partial charge in [0, 0.05) is 43.6 Å². The first-order valence-corrected chi connectivity index (χ1v) is 12.5. The number of carbonyl (C=O) groups excluding carboxylic acids is 1. The highest BCUT2D eigenvalue weighted by Gasteiger charge is 2.35. The third kappa shape index (κ3) is 4.22. The molecule has 5 rings (SSSR count). The number of hydrogen-bond acceptors (Lipinski definition) is 9. The number of Topliss-reactive ketones (excluding diaryl/α,β-unsaturated/α-hetero) is 1. The predicted octanol–water partition coefficient (Wildman–Crippen LogP) is 1.84. The van der Waals surface area contributed by atoms with Gasteiger partial charge in [0.2, 0.25) is 16.0 Å². The van der Waals surface area contributed by atoms with Crippen LogP contribution in [0.3, 0.4) is 0 Å². The molecule has 1 aromatic carbocycles. The van der Waals surface area contributed by atoms with E-state index >= 15 is 0 Å². The molecule has 2 aromatic rings. The number of rotatable bonds is 6. The molecule has 0 amide bonds. The summed E-state index contributed by atoms with van der Waals surface area (Å²) in [4.78, 5) is 22.9. The van der Waals surface area contributed by atoms with E-state index in [1.807, 2.05) is 18.2 Å². The van der Waals surface area contributed by atoms with Gasteiger partial charge in [0.25, 0.3) is 0 Å². The van der Waals surface area contributed by atoms with Crippen LogP contribution in [-0.2, 0) is 10.0 Å². The van der Waals surface area contributed by atoms with E-state index in [1.165, 1.54) is 17.5 Å². The summed E-state index contributed by atoms with van der Waals surface area (Å²) in [5, 5.41) is 6.49. The van der Waals surface area contributed by atoms with Gasteiger partial charge in [0.15, 0.2) is 5.78 Å². The lowest BCUT2D eigenvalue weighted by atomic mass is 10.1. The zero-order valence-corrected chi connectivity index (χ0v) is 18.9. The average molecular weight is 459 g/mol. The summed E-state index contributed by atoms with van der Waals surface area (Å²) in [6, 6.07) is 6.13. The lowest BCUT2D eigenvalue weighted by Crippen LogP contribution is -2.58. The number of nitrogens with one attached hydrogen (secondary N) is 2. The highest BCUT2D eigenvalue weighted by atomic mass is 32.2. The lowest BCUT2D eigenvalue weighted by molar-refractivity contribution is 0.101. The molecule has 0 radical (unpaired) electrons. The van der Waals surface area contributed by atoms with E-state index in [4.69, 9.17) is 4.74 Å². The van der Waals surface area contributed by atoms with Gasteiger partial charge in [-0.1, -0.05) is 0 Å². The van der Waals surface area contributed by atoms with Crippen LogP contribution in [0.15, 0.2) is 24.4 Å². The van der Waals surface area contributed by atoms with Crippen LogP contribution in [0.1, 0.15) is 30.1 Å². The van der Waals surface area contributed by atoms with E-state index < -0.39 is 10.0 Å². The summed E-state index contributed by atoms with van der Waals surface area (Å²) in [5.41, 5.74) is 2.20. The van der Waals surface area contributed by atoms with Gasteiger partial charge in [0.05, 0.1) is 23.5 Å². The van der Waals surface area contributed by atoms with E-state index in [0.29, 0.717) is 49.6 Å². The molecule has 2 N–H and O–H groups in total. The molecular weight excluding hydrogens is 432 g/mol. The van der Waals surface area contributed by atoms with Gasteiger partial charge in [-0.15, -0.1) is 0 Å². The van der Waals surface area contributed by atoms with E-state index in [0.717, 1.165) is 30.0 Å². The van der Waals surface area contributed by atoms with Gasteiger partial charge in [0.1, 0.15) is 18.2 Å². The van der Waals surface area contributed by atoms with Crippen molar-refractivity contribution in [3.05, 3.63) is 30.0 Å². The summed E-state index contributed by atoms with van der Waals surface area (Å²) >= 11 is 0. The van der Waals surface area contributed by atoms with Gasteiger partial charge in [-0.2, -0.15) is 9.29 Å². The number of sulfonamides is 1. The number of ether oxygens (including phenoxy) is 1. The van der Waals surface area contributed by atoms with Gasteiger partial charge in [-0.3, -0.25) is 4.79 Å².